The van der Waals surface area contributed by atoms with Crippen molar-refractivity contribution < 1.29 is 9.18 Å². The number of thioether (sulfide) groups is 1. The molecule has 0 atom stereocenters. The lowest BCUT2D eigenvalue weighted by molar-refractivity contribution is 0.102. The first-order valence-corrected chi connectivity index (χ1v) is 11.2. The molecule has 0 bridgehead atoms. The number of aromatic nitrogens is 2. The molecule has 1 N–H and O–H groups in total. The van der Waals surface area contributed by atoms with E-state index in [1.54, 1.807) is 40.7 Å². The van der Waals surface area contributed by atoms with Crippen molar-refractivity contribution in [2.75, 3.05) is 5.32 Å². The first-order chi connectivity index (χ1) is 14.6. The second kappa shape index (κ2) is 9.34. The molecule has 4 rings (SSSR count). The summed E-state index contributed by atoms with van der Waals surface area (Å²) in [5.74, 6) is 0.207. The van der Waals surface area contributed by atoms with E-state index in [0.717, 1.165) is 15.8 Å². The number of carbonyl (C=O) groups is 1. The van der Waals surface area contributed by atoms with Gasteiger partial charge in [-0.15, -0.1) is 5.10 Å². The standard InChI is InChI=1S/C22H16FN3OS3/c23-17-8-10-18(11-9-17)24-20(27)16-6-12-19(13-7-16)26-22(28)30-21(25-26)29-14-15-4-2-1-3-5-15/h1-13H,14H2,(H,24,27). The lowest BCUT2D eigenvalue weighted by Gasteiger charge is -2.06. The van der Waals surface area contributed by atoms with Crippen LogP contribution in [0.2, 0.25) is 0 Å². The van der Waals surface area contributed by atoms with Crippen molar-refractivity contribution in [2.24, 2.45) is 0 Å². The first kappa shape index (κ1) is 20.5. The fourth-order valence-electron chi connectivity index (χ4n) is 2.69. The number of carbonyl (C=O) groups excluding carboxylic acids is 1. The van der Waals surface area contributed by atoms with Gasteiger partial charge >= 0.3 is 0 Å². The fourth-order valence-corrected chi connectivity index (χ4v) is 5.01. The van der Waals surface area contributed by atoms with Crippen LogP contribution in [-0.2, 0) is 5.75 Å². The van der Waals surface area contributed by atoms with Gasteiger partial charge in [-0.25, -0.2) is 9.07 Å². The van der Waals surface area contributed by atoms with Gasteiger partial charge in [0.05, 0.1) is 5.69 Å². The van der Waals surface area contributed by atoms with Crippen LogP contribution in [0.15, 0.2) is 83.2 Å². The highest BCUT2D eigenvalue weighted by Crippen LogP contribution is 2.27. The molecule has 150 valence electrons. The molecular weight excluding hydrogens is 437 g/mol. The summed E-state index contributed by atoms with van der Waals surface area (Å²) in [6, 6.07) is 22.9. The molecule has 0 spiro atoms. The molecule has 4 nitrogen and oxygen atoms in total. The largest absolute Gasteiger partial charge is 0.322 e. The molecule has 8 heteroatoms. The highest BCUT2D eigenvalue weighted by Gasteiger charge is 2.10. The Hall–Kier alpha value is -2.81. The van der Waals surface area contributed by atoms with Gasteiger partial charge in [0.15, 0.2) is 8.29 Å². The third kappa shape index (κ3) is 5.02. The Morgan fingerprint density at radius 3 is 2.43 bits per heavy atom. The highest BCUT2D eigenvalue weighted by molar-refractivity contribution is 8.00. The molecule has 0 saturated carbocycles. The van der Waals surface area contributed by atoms with Crippen LogP contribution in [-0.4, -0.2) is 15.7 Å². The number of nitrogens with one attached hydrogen (secondary N) is 1. The quantitative estimate of drug-likeness (QED) is 0.273. The summed E-state index contributed by atoms with van der Waals surface area (Å²) in [5.41, 5.74) is 3.05. The number of hydrogen-bond acceptors (Lipinski definition) is 5. The molecule has 0 fully saturated rings. The minimum atomic E-state index is -0.348. The van der Waals surface area contributed by atoms with Gasteiger partial charge in [0.25, 0.3) is 5.91 Å². The Kier molecular flexibility index (Phi) is 6.37. The zero-order valence-electron chi connectivity index (χ0n) is 15.6. The van der Waals surface area contributed by atoms with Gasteiger partial charge in [0.2, 0.25) is 0 Å². The van der Waals surface area contributed by atoms with Gasteiger partial charge < -0.3 is 5.32 Å². The average Bonchev–Trinajstić information content (AvgIpc) is 3.15. The summed E-state index contributed by atoms with van der Waals surface area (Å²) in [4.78, 5) is 12.4. The fraction of sp³-hybridized carbons (Fsp3) is 0.0455. The number of nitrogens with zero attached hydrogens (tertiary/aromatic N) is 2. The number of benzene rings is 3. The third-order valence-electron chi connectivity index (χ3n) is 4.21. The molecule has 4 aromatic rings. The summed E-state index contributed by atoms with van der Waals surface area (Å²) >= 11 is 8.57. The minimum absolute atomic E-state index is 0.269. The molecular formula is C22H16FN3OS3. The molecule has 0 aliphatic rings. The minimum Gasteiger partial charge on any atom is -0.322 e. The van der Waals surface area contributed by atoms with Crippen molar-refractivity contribution in [2.45, 2.75) is 10.1 Å². The summed E-state index contributed by atoms with van der Waals surface area (Å²) in [5, 5.41) is 7.35. The van der Waals surface area contributed by atoms with E-state index in [9.17, 15) is 9.18 Å². The second-order valence-electron chi connectivity index (χ2n) is 6.33. The Morgan fingerprint density at radius 2 is 1.73 bits per heavy atom. The van der Waals surface area contributed by atoms with Crippen LogP contribution in [0.1, 0.15) is 15.9 Å². The Bertz CT molecular complexity index is 1200. The maximum Gasteiger partial charge on any atom is 0.255 e. The van der Waals surface area contributed by atoms with Crippen LogP contribution in [0.4, 0.5) is 10.1 Å². The van der Waals surface area contributed by atoms with E-state index in [-0.39, 0.29) is 11.7 Å². The van der Waals surface area contributed by atoms with E-state index >= 15 is 0 Å². The zero-order chi connectivity index (χ0) is 20.9. The zero-order valence-corrected chi connectivity index (χ0v) is 18.1. The van der Waals surface area contributed by atoms with Crippen LogP contribution in [0, 0.1) is 9.77 Å². The Labute approximate surface area is 186 Å². The lowest BCUT2D eigenvalue weighted by atomic mass is 10.2. The Morgan fingerprint density at radius 1 is 1.03 bits per heavy atom. The number of rotatable bonds is 6. The van der Waals surface area contributed by atoms with Crippen molar-refractivity contribution >= 4 is 46.9 Å². The van der Waals surface area contributed by atoms with Crippen LogP contribution in [0.5, 0.6) is 0 Å². The maximum absolute atomic E-state index is 13.0. The van der Waals surface area contributed by atoms with E-state index in [1.165, 1.54) is 41.2 Å². The summed E-state index contributed by atoms with van der Waals surface area (Å²) < 4.78 is 16.2. The Balaban J connectivity index is 1.44. The highest BCUT2D eigenvalue weighted by atomic mass is 32.2. The smallest absolute Gasteiger partial charge is 0.255 e. The summed E-state index contributed by atoms with van der Waals surface area (Å²) in [6.07, 6.45) is 0. The van der Waals surface area contributed by atoms with Gasteiger partial charge in [-0.3, -0.25) is 4.79 Å². The third-order valence-corrected chi connectivity index (χ3v) is 6.65. The normalized spacial score (nSPS) is 10.7. The number of amides is 1. The molecule has 0 saturated heterocycles. The van der Waals surface area contributed by atoms with E-state index in [2.05, 4.69) is 22.5 Å². The van der Waals surface area contributed by atoms with Crippen molar-refractivity contribution in [1.29, 1.82) is 0 Å². The molecule has 3 aromatic carbocycles. The van der Waals surface area contributed by atoms with E-state index in [1.807, 2.05) is 18.2 Å². The van der Waals surface area contributed by atoms with E-state index in [4.69, 9.17) is 12.2 Å². The molecule has 1 heterocycles. The van der Waals surface area contributed by atoms with E-state index < -0.39 is 0 Å². The molecule has 1 amide bonds. The van der Waals surface area contributed by atoms with Crippen molar-refractivity contribution in [3.63, 3.8) is 0 Å². The van der Waals surface area contributed by atoms with Crippen LogP contribution in [0.3, 0.4) is 0 Å². The van der Waals surface area contributed by atoms with Gasteiger partial charge in [0, 0.05) is 17.0 Å². The van der Waals surface area contributed by atoms with Crippen LogP contribution >= 0.6 is 35.3 Å². The van der Waals surface area contributed by atoms with Crippen molar-refractivity contribution in [3.8, 4) is 5.69 Å². The lowest BCUT2D eigenvalue weighted by Crippen LogP contribution is -2.12. The molecule has 0 aliphatic heterocycles. The first-order valence-electron chi connectivity index (χ1n) is 9.03. The summed E-state index contributed by atoms with van der Waals surface area (Å²) in [6.45, 7) is 0. The van der Waals surface area contributed by atoms with Crippen LogP contribution in [0.25, 0.3) is 5.69 Å². The van der Waals surface area contributed by atoms with E-state index in [0.29, 0.717) is 15.2 Å². The summed E-state index contributed by atoms with van der Waals surface area (Å²) in [7, 11) is 0. The van der Waals surface area contributed by atoms with Gasteiger partial charge in [-0.1, -0.05) is 53.4 Å². The number of anilines is 1. The predicted molar refractivity (Wildman–Crippen MR) is 123 cm³/mol. The number of halogens is 1. The van der Waals surface area contributed by atoms with Crippen molar-refractivity contribution in [1.82, 2.24) is 9.78 Å². The monoisotopic (exact) mass is 453 g/mol. The molecule has 0 radical (unpaired) electrons. The SMILES string of the molecule is O=C(Nc1ccc(F)cc1)c1ccc(-n2nc(SCc3ccccc3)sc2=S)cc1. The number of hydrogen-bond donors (Lipinski definition) is 1. The average molecular weight is 454 g/mol. The molecule has 30 heavy (non-hydrogen) atoms. The van der Waals surface area contributed by atoms with Gasteiger partial charge in [-0.05, 0) is 66.3 Å². The van der Waals surface area contributed by atoms with Crippen LogP contribution < -0.4 is 5.32 Å². The molecule has 1 aromatic heterocycles. The second-order valence-corrected chi connectivity index (χ2v) is 9.17. The maximum atomic E-state index is 13.0. The van der Waals surface area contributed by atoms with Gasteiger partial charge in [-0.2, -0.15) is 0 Å². The van der Waals surface area contributed by atoms with Gasteiger partial charge in [0.1, 0.15) is 5.82 Å². The molecule has 0 aliphatic carbocycles. The molecule has 0 unspecified atom stereocenters. The topological polar surface area (TPSA) is 46.9 Å². The van der Waals surface area contributed by atoms with Crippen molar-refractivity contribution in [3.05, 3.63) is 99.8 Å². The predicted octanol–water partition coefficient (Wildman–Crippen LogP) is 6.35.